The van der Waals surface area contributed by atoms with Crippen molar-refractivity contribution in [2.45, 2.75) is 6.61 Å². The van der Waals surface area contributed by atoms with Crippen LogP contribution in [0.4, 0.5) is 19.3 Å². The standard InChI is InChI=1S/C20H14Cl2F2N2O3.C12H11NO2/c1-28-19-12(21)8-7-11(14(19)23)17-15(24)16(25)13(22)18(26-17)20(27)29-9-10-5-3-2-4-6-10;1-13-12(14)15-11-8-4-6-9-5-2-3-7-10(9)11/h2-8H,9H2,1H3,(H2,25,26);2-8H,1H3,(H,13,14). The molecule has 0 bridgehead atoms. The summed E-state index contributed by atoms with van der Waals surface area (Å²) in [5.74, 6) is -2.71. The average molecular weight is 640 g/mol. The van der Waals surface area contributed by atoms with Gasteiger partial charge in [0.15, 0.2) is 23.1 Å². The fraction of sp³-hybridized carbons (Fsp3) is 0.0938. The topological polar surface area (TPSA) is 113 Å². The number of benzene rings is 4. The quantitative estimate of drug-likeness (QED) is 0.182. The van der Waals surface area contributed by atoms with Crippen LogP contribution >= 0.6 is 23.2 Å². The van der Waals surface area contributed by atoms with Crippen molar-refractivity contribution in [2.75, 3.05) is 19.9 Å². The van der Waals surface area contributed by atoms with Crippen LogP contribution in [0.3, 0.4) is 0 Å². The molecule has 1 aromatic heterocycles. The van der Waals surface area contributed by atoms with E-state index in [1.54, 1.807) is 30.3 Å². The lowest BCUT2D eigenvalue weighted by molar-refractivity contribution is 0.0466. The van der Waals surface area contributed by atoms with Crippen molar-refractivity contribution in [3.05, 3.63) is 118 Å². The third kappa shape index (κ3) is 7.16. The minimum absolute atomic E-state index is 0.0152. The van der Waals surface area contributed by atoms with E-state index < -0.39 is 45.8 Å². The lowest BCUT2D eigenvalue weighted by Crippen LogP contribution is -2.22. The van der Waals surface area contributed by atoms with E-state index in [9.17, 15) is 18.4 Å². The minimum atomic E-state index is -1.09. The van der Waals surface area contributed by atoms with Gasteiger partial charge in [-0.1, -0.05) is 89.9 Å². The van der Waals surface area contributed by atoms with Gasteiger partial charge < -0.3 is 25.3 Å². The maximum Gasteiger partial charge on any atom is 0.412 e. The first-order valence-electron chi connectivity index (χ1n) is 12.9. The molecular weight excluding hydrogens is 615 g/mol. The predicted octanol–water partition coefficient (Wildman–Crippen LogP) is 7.84. The molecule has 4 aromatic carbocycles. The van der Waals surface area contributed by atoms with Crippen LogP contribution in [-0.2, 0) is 11.3 Å². The number of nitrogens with one attached hydrogen (secondary N) is 1. The highest BCUT2D eigenvalue weighted by Crippen LogP contribution is 2.38. The Balaban J connectivity index is 0.000000246. The van der Waals surface area contributed by atoms with Crippen LogP contribution in [0.2, 0.25) is 10.0 Å². The second-order valence-corrected chi connectivity index (χ2v) is 9.76. The molecule has 0 aliphatic rings. The first-order valence-corrected chi connectivity index (χ1v) is 13.7. The van der Waals surface area contributed by atoms with E-state index >= 15 is 0 Å². The van der Waals surface area contributed by atoms with Gasteiger partial charge in [-0.05, 0) is 29.1 Å². The molecule has 0 saturated carbocycles. The van der Waals surface area contributed by atoms with Crippen molar-refractivity contribution in [1.82, 2.24) is 10.3 Å². The zero-order valence-corrected chi connectivity index (χ0v) is 24.9. The lowest BCUT2D eigenvalue weighted by atomic mass is 10.1. The highest BCUT2D eigenvalue weighted by molar-refractivity contribution is 6.36. The Labute approximate surface area is 261 Å². The summed E-state index contributed by atoms with van der Waals surface area (Å²) in [5.41, 5.74) is 4.58. The Morgan fingerprint density at radius 2 is 1.59 bits per heavy atom. The van der Waals surface area contributed by atoms with Gasteiger partial charge in [-0.3, -0.25) is 0 Å². The summed E-state index contributed by atoms with van der Waals surface area (Å²) in [6, 6.07) is 24.7. The van der Waals surface area contributed by atoms with E-state index in [0.29, 0.717) is 5.75 Å². The number of nitrogen functional groups attached to an aromatic ring is 1. The highest BCUT2D eigenvalue weighted by Gasteiger charge is 2.26. The van der Waals surface area contributed by atoms with Gasteiger partial charge >= 0.3 is 12.1 Å². The summed E-state index contributed by atoms with van der Waals surface area (Å²) >= 11 is 11.9. The number of esters is 1. The summed E-state index contributed by atoms with van der Waals surface area (Å²) in [6.45, 7) is -0.0621. The van der Waals surface area contributed by atoms with Gasteiger partial charge in [-0.15, -0.1) is 0 Å². The number of hydrogen-bond donors (Lipinski definition) is 2. The molecule has 0 radical (unpaired) electrons. The Morgan fingerprint density at radius 1 is 0.909 bits per heavy atom. The Bertz CT molecular complexity index is 1820. The number of pyridine rings is 1. The van der Waals surface area contributed by atoms with E-state index in [0.717, 1.165) is 16.3 Å². The van der Waals surface area contributed by atoms with Crippen LogP contribution in [0.25, 0.3) is 22.0 Å². The highest BCUT2D eigenvalue weighted by atomic mass is 35.5. The zero-order valence-electron chi connectivity index (χ0n) is 23.4. The Kier molecular flexibility index (Phi) is 10.5. The second kappa shape index (κ2) is 14.5. The molecule has 226 valence electrons. The van der Waals surface area contributed by atoms with Crippen molar-refractivity contribution < 1.29 is 32.6 Å². The zero-order chi connectivity index (χ0) is 31.8. The molecule has 0 aliphatic heterocycles. The number of nitrogens with zero attached hydrogens (tertiary/aromatic N) is 1. The van der Waals surface area contributed by atoms with Gasteiger partial charge in [0.2, 0.25) is 0 Å². The van der Waals surface area contributed by atoms with Gasteiger partial charge in [-0.2, -0.15) is 0 Å². The van der Waals surface area contributed by atoms with Crippen molar-refractivity contribution in [2.24, 2.45) is 0 Å². The van der Waals surface area contributed by atoms with Gasteiger partial charge in [0.25, 0.3) is 0 Å². The number of hydrogen-bond acceptors (Lipinski definition) is 7. The molecule has 5 rings (SSSR count). The predicted molar refractivity (Wildman–Crippen MR) is 165 cm³/mol. The molecule has 0 aliphatic carbocycles. The summed E-state index contributed by atoms with van der Waals surface area (Å²) in [7, 11) is 2.74. The lowest BCUT2D eigenvalue weighted by Gasteiger charge is -2.13. The molecule has 1 heterocycles. The van der Waals surface area contributed by atoms with Crippen LogP contribution in [-0.4, -0.2) is 31.2 Å². The maximum atomic E-state index is 14.7. The van der Waals surface area contributed by atoms with E-state index in [2.05, 4.69) is 10.3 Å². The molecule has 8 nitrogen and oxygen atoms in total. The number of carbonyl (C=O) groups is 2. The molecule has 0 spiro atoms. The number of fused-ring (bicyclic) bond motifs is 1. The van der Waals surface area contributed by atoms with Crippen molar-refractivity contribution in [1.29, 1.82) is 0 Å². The largest absolute Gasteiger partial charge is 0.492 e. The van der Waals surface area contributed by atoms with Gasteiger partial charge in [-0.25, -0.2) is 23.4 Å². The number of halogens is 4. The number of nitrogens with two attached hydrogens (primary N) is 1. The summed E-state index contributed by atoms with van der Waals surface area (Å²) < 4.78 is 44.6. The van der Waals surface area contributed by atoms with E-state index in [-0.39, 0.29) is 22.9 Å². The van der Waals surface area contributed by atoms with Gasteiger partial charge in [0, 0.05) is 18.0 Å². The van der Waals surface area contributed by atoms with E-state index in [1.807, 2.05) is 42.5 Å². The first kappa shape index (κ1) is 32.0. The van der Waals surface area contributed by atoms with Crippen molar-refractivity contribution in [3.63, 3.8) is 0 Å². The normalized spacial score (nSPS) is 10.4. The average Bonchev–Trinajstić information content (AvgIpc) is 3.04. The Hall–Kier alpha value is -4.93. The second-order valence-electron chi connectivity index (χ2n) is 8.97. The number of aromatic nitrogens is 1. The van der Waals surface area contributed by atoms with Crippen LogP contribution < -0.4 is 20.5 Å². The molecule has 0 atom stereocenters. The Morgan fingerprint density at radius 3 is 2.30 bits per heavy atom. The van der Waals surface area contributed by atoms with Crippen LogP contribution in [0.1, 0.15) is 16.1 Å². The summed E-state index contributed by atoms with van der Waals surface area (Å²) in [5, 5.41) is 3.96. The van der Waals surface area contributed by atoms with E-state index in [1.165, 1.54) is 26.3 Å². The molecular formula is C32H25Cl2F2N3O5. The third-order valence-electron chi connectivity index (χ3n) is 6.18. The number of ether oxygens (including phenoxy) is 3. The van der Waals surface area contributed by atoms with Crippen LogP contribution in [0.15, 0.2) is 84.9 Å². The number of carbonyl (C=O) groups excluding carboxylic acids is 2. The number of rotatable bonds is 6. The van der Waals surface area contributed by atoms with Gasteiger partial charge in [0.1, 0.15) is 18.1 Å². The molecule has 44 heavy (non-hydrogen) atoms. The number of anilines is 1. The summed E-state index contributed by atoms with van der Waals surface area (Å²) in [6.07, 6.45) is -0.452. The molecule has 0 saturated heterocycles. The SMILES string of the molecule is CNC(=O)Oc1cccc2ccccc12.COc1c(Cl)ccc(-c2nc(C(=O)OCc3ccccc3)c(Cl)c(N)c2F)c1F. The molecule has 12 heteroatoms. The first-order chi connectivity index (χ1) is 21.2. The summed E-state index contributed by atoms with van der Waals surface area (Å²) in [4.78, 5) is 27.4. The molecule has 0 fully saturated rings. The monoisotopic (exact) mass is 639 g/mol. The maximum absolute atomic E-state index is 14.7. The van der Waals surface area contributed by atoms with Crippen molar-refractivity contribution >= 4 is 51.7 Å². The van der Waals surface area contributed by atoms with Crippen molar-refractivity contribution in [3.8, 4) is 22.8 Å². The molecule has 0 unspecified atom stereocenters. The molecule has 3 N–H and O–H groups in total. The van der Waals surface area contributed by atoms with E-state index in [4.69, 9.17) is 43.1 Å². The smallest absolute Gasteiger partial charge is 0.412 e. The van der Waals surface area contributed by atoms with Crippen LogP contribution in [0, 0.1) is 11.6 Å². The molecule has 1 amide bonds. The third-order valence-corrected chi connectivity index (χ3v) is 6.86. The molecule has 5 aromatic rings. The number of methoxy groups -OCH3 is 1. The minimum Gasteiger partial charge on any atom is -0.492 e. The van der Waals surface area contributed by atoms with Gasteiger partial charge in [0.05, 0.1) is 22.8 Å². The fourth-order valence-electron chi connectivity index (χ4n) is 4.00. The fourth-order valence-corrected chi connectivity index (χ4v) is 4.43. The number of amides is 1. The van der Waals surface area contributed by atoms with Crippen LogP contribution in [0.5, 0.6) is 11.5 Å².